The zero-order valence-corrected chi connectivity index (χ0v) is 21.3. The van der Waals surface area contributed by atoms with Crippen LogP contribution in [0.5, 0.6) is 5.75 Å². The average Bonchev–Trinajstić information content (AvgIpc) is 2.89. The number of piperazine rings is 1. The molecule has 0 radical (unpaired) electrons. The van der Waals surface area contributed by atoms with Gasteiger partial charge in [0.05, 0.1) is 19.9 Å². The Morgan fingerprint density at radius 3 is 2.54 bits per heavy atom. The lowest BCUT2D eigenvalue weighted by molar-refractivity contribution is -0.141. The highest BCUT2D eigenvalue weighted by molar-refractivity contribution is 6.31. The van der Waals surface area contributed by atoms with Crippen LogP contribution in [0.3, 0.4) is 0 Å². The molecule has 2 heterocycles. The van der Waals surface area contributed by atoms with Crippen molar-refractivity contribution >= 4 is 23.3 Å². The number of piperidine rings is 1. The van der Waals surface area contributed by atoms with Gasteiger partial charge in [0.15, 0.2) is 0 Å². The predicted molar refractivity (Wildman–Crippen MR) is 137 cm³/mol. The molecule has 0 unspecified atom stereocenters. The fraction of sp³-hybridized carbons (Fsp3) is 0.519. The van der Waals surface area contributed by atoms with Crippen LogP contribution < -0.4 is 9.64 Å². The van der Waals surface area contributed by atoms with Crippen molar-refractivity contribution in [3.05, 3.63) is 58.9 Å². The molecular weight excluding hydrogens is 469 g/mol. The minimum Gasteiger partial charge on any atom is -0.495 e. The molecule has 0 bridgehead atoms. The lowest BCUT2D eigenvalue weighted by Gasteiger charge is -2.47. The quantitative estimate of drug-likeness (QED) is 0.496. The molecule has 2 aromatic rings. The Bertz CT molecular complexity index is 979. The van der Waals surface area contributed by atoms with Gasteiger partial charge in [-0.3, -0.25) is 14.6 Å². The fourth-order valence-electron chi connectivity index (χ4n) is 5.50. The summed E-state index contributed by atoms with van der Waals surface area (Å²) >= 11 is 6.29. The first-order valence-electron chi connectivity index (χ1n) is 12.3. The van der Waals surface area contributed by atoms with E-state index in [0.29, 0.717) is 35.5 Å². The standard InChI is InChI=1S/C27H35ClFN3O3/c1-34-26-9-4-3-8-25(26)32-16-14-31(15-17-32)24-12-13-30(18-20(24)10-11-27(33)35-2)19-21-22(28)6-5-7-23(21)29/h3-9,20,24H,10-19H2,1-2H3/t20-,24+/m0/s1. The maximum atomic E-state index is 14.4. The zero-order valence-electron chi connectivity index (χ0n) is 20.6. The summed E-state index contributed by atoms with van der Waals surface area (Å²) < 4.78 is 24.9. The highest BCUT2D eigenvalue weighted by atomic mass is 35.5. The van der Waals surface area contributed by atoms with Crippen LogP contribution in [0.25, 0.3) is 0 Å². The number of likely N-dealkylation sites (tertiary alicyclic amines) is 1. The van der Waals surface area contributed by atoms with Gasteiger partial charge in [0.25, 0.3) is 0 Å². The third-order valence-electron chi connectivity index (χ3n) is 7.38. The summed E-state index contributed by atoms with van der Waals surface area (Å²) in [6.07, 6.45) is 2.13. The number of methoxy groups -OCH3 is 2. The highest BCUT2D eigenvalue weighted by Crippen LogP contribution is 2.32. The number of carbonyl (C=O) groups is 1. The average molecular weight is 504 g/mol. The van der Waals surface area contributed by atoms with Crippen LogP contribution in [0, 0.1) is 11.7 Å². The second-order valence-corrected chi connectivity index (χ2v) is 9.77. The molecule has 2 aliphatic rings. The number of para-hydroxylation sites is 2. The Morgan fingerprint density at radius 2 is 1.83 bits per heavy atom. The van der Waals surface area contributed by atoms with Crippen LogP contribution in [-0.4, -0.2) is 75.3 Å². The van der Waals surface area contributed by atoms with E-state index < -0.39 is 0 Å². The molecule has 0 saturated carbocycles. The molecule has 2 fully saturated rings. The van der Waals surface area contributed by atoms with Gasteiger partial charge in [-0.05, 0) is 49.6 Å². The number of benzene rings is 2. The van der Waals surface area contributed by atoms with Gasteiger partial charge in [-0.1, -0.05) is 29.8 Å². The molecule has 2 aliphatic heterocycles. The molecule has 2 saturated heterocycles. The Morgan fingerprint density at radius 1 is 1.06 bits per heavy atom. The molecule has 8 heteroatoms. The molecule has 6 nitrogen and oxygen atoms in total. The minimum absolute atomic E-state index is 0.181. The summed E-state index contributed by atoms with van der Waals surface area (Å²) in [7, 11) is 3.15. The van der Waals surface area contributed by atoms with E-state index in [1.54, 1.807) is 19.2 Å². The third-order valence-corrected chi connectivity index (χ3v) is 7.73. The fourth-order valence-corrected chi connectivity index (χ4v) is 5.72. The molecule has 0 spiro atoms. The number of carbonyl (C=O) groups excluding carboxylic acids is 1. The predicted octanol–water partition coefficient (Wildman–Crippen LogP) is 4.45. The number of anilines is 1. The summed E-state index contributed by atoms with van der Waals surface area (Å²) in [5.74, 6) is 0.750. The van der Waals surface area contributed by atoms with Gasteiger partial charge in [0.1, 0.15) is 11.6 Å². The van der Waals surface area contributed by atoms with Crippen molar-refractivity contribution in [1.29, 1.82) is 0 Å². The Labute approximate surface area is 212 Å². The van der Waals surface area contributed by atoms with Gasteiger partial charge < -0.3 is 14.4 Å². The third kappa shape index (κ3) is 6.26. The topological polar surface area (TPSA) is 45.2 Å². The van der Waals surface area contributed by atoms with Crippen LogP contribution in [0.1, 0.15) is 24.8 Å². The van der Waals surface area contributed by atoms with Crippen molar-refractivity contribution < 1.29 is 18.7 Å². The lowest BCUT2D eigenvalue weighted by Crippen LogP contribution is -2.56. The Kier molecular flexibility index (Phi) is 8.87. The van der Waals surface area contributed by atoms with Crippen molar-refractivity contribution in [3.8, 4) is 5.75 Å². The number of hydrogen-bond acceptors (Lipinski definition) is 6. The van der Waals surface area contributed by atoms with Gasteiger partial charge in [0.2, 0.25) is 0 Å². The first-order chi connectivity index (χ1) is 17.0. The van der Waals surface area contributed by atoms with E-state index in [-0.39, 0.29) is 11.8 Å². The maximum absolute atomic E-state index is 14.4. The van der Waals surface area contributed by atoms with Crippen LogP contribution in [0.15, 0.2) is 42.5 Å². The van der Waals surface area contributed by atoms with Gasteiger partial charge >= 0.3 is 5.97 Å². The summed E-state index contributed by atoms with van der Waals surface area (Å²) in [5.41, 5.74) is 1.68. The maximum Gasteiger partial charge on any atom is 0.305 e. The molecule has 190 valence electrons. The smallest absolute Gasteiger partial charge is 0.305 e. The van der Waals surface area contributed by atoms with Crippen molar-refractivity contribution in [2.24, 2.45) is 5.92 Å². The van der Waals surface area contributed by atoms with Gasteiger partial charge in [-0.2, -0.15) is 0 Å². The number of esters is 1. The van der Waals surface area contributed by atoms with Crippen LogP contribution in [0.4, 0.5) is 10.1 Å². The Balaban J connectivity index is 1.42. The van der Waals surface area contributed by atoms with E-state index >= 15 is 0 Å². The number of ether oxygens (including phenoxy) is 2. The second-order valence-electron chi connectivity index (χ2n) is 9.36. The van der Waals surface area contributed by atoms with Gasteiger partial charge in [-0.25, -0.2) is 4.39 Å². The molecule has 0 amide bonds. The van der Waals surface area contributed by atoms with Crippen molar-refractivity contribution in [2.45, 2.75) is 31.8 Å². The summed E-state index contributed by atoms with van der Waals surface area (Å²) in [6.45, 7) is 5.92. The minimum atomic E-state index is -0.266. The molecule has 0 aromatic heterocycles. The van der Waals surface area contributed by atoms with Crippen molar-refractivity contribution in [2.75, 3.05) is 58.4 Å². The normalized spacial score (nSPS) is 21.7. The molecule has 0 aliphatic carbocycles. The summed E-state index contributed by atoms with van der Waals surface area (Å²) in [6, 6.07) is 13.4. The van der Waals surface area contributed by atoms with Crippen LogP contribution >= 0.6 is 11.6 Å². The summed E-state index contributed by atoms with van der Waals surface area (Å²) in [4.78, 5) is 19.1. The number of rotatable bonds is 8. The number of nitrogens with zero attached hydrogens (tertiary/aromatic N) is 3. The SMILES string of the molecule is COC(=O)CC[C@H]1CN(Cc2c(F)cccc2Cl)CC[C@H]1N1CCN(c2ccccc2OC)CC1. The lowest BCUT2D eigenvalue weighted by atomic mass is 9.86. The van der Waals surface area contributed by atoms with Gasteiger partial charge in [0, 0.05) is 62.3 Å². The second kappa shape index (κ2) is 12.1. The molecular formula is C27H35ClFN3O3. The zero-order chi connectivity index (χ0) is 24.8. The first-order valence-corrected chi connectivity index (χ1v) is 12.7. The van der Waals surface area contributed by atoms with Crippen LogP contribution in [-0.2, 0) is 16.1 Å². The molecule has 35 heavy (non-hydrogen) atoms. The largest absolute Gasteiger partial charge is 0.495 e. The van der Waals surface area contributed by atoms with Gasteiger partial charge in [-0.15, -0.1) is 0 Å². The number of halogens is 2. The van der Waals surface area contributed by atoms with Crippen molar-refractivity contribution in [1.82, 2.24) is 9.80 Å². The summed E-state index contributed by atoms with van der Waals surface area (Å²) in [5, 5.41) is 0.464. The van der Waals surface area contributed by atoms with E-state index in [2.05, 4.69) is 20.8 Å². The molecule has 0 N–H and O–H groups in total. The monoisotopic (exact) mass is 503 g/mol. The highest BCUT2D eigenvalue weighted by Gasteiger charge is 2.35. The number of hydrogen-bond donors (Lipinski definition) is 0. The van der Waals surface area contributed by atoms with Crippen molar-refractivity contribution in [3.63, 3.8) is 0 Å². The first kappa shape index (κ1) is 25.7. The Hall–Kier alpha value is -2.35. The van der Waals surface area contributed by atoms with E-state index in [9.17, 15) is 9.18 Å². The van der Waals surface area contributed by atoms with E-state index in [0.717, 1.165) is 63.5 Å². The van der Waals surface area contributed by atoms with Crippen LogP contribution in [0.2, 0.25) is 5.02 Å². The molecule has 2 atom stereocenters. The van der Waals surface area contributed by atoms with E-state index in [4.69, 9.17) is 21.1 Å². The molecule has 2 aromatic carbocycles. The molecule has 4 rings (SSSR count). The van der Waals surface area contributed by atoms with E-state index in [1.165, 1.54) is 13.2 Å². The van der Waals surface area contributed by atoms with E-state index in [1.807, 2.05) is 18.2 Å².